The molecule has 0 atom stereocenters. The summed E-state index contributed by atoms with van der Waals surface area (Å²) >= 11 is 0. The van der Waals surface area contributed by atoms with Gasteiger partial charge >= 0.3 is 0 Å². The highest BCUT2D eigenvalue weighted by Gasteiger charge is 2.27. The minimum absolute atomic E-state index is 0.427. The van der Waals surface area contributed by atoms with Crippen LogP contribution in [0.3, 0.4) is 0 Å². The molecule has 1 aliphatic heterocycles. The molecule has 1 saturated heterocycles. The Balaban J connectivity index is 1.24. The molecule has 0 spiro atoms. The summed E-state index contributed by atoms with van der Waals surface area (Å²) in [5.41, 5.74) is 3.79. The zero-order chi connectivity index (χ0) is 20.6. The van der Waals surface area contributed by atoms with E-state index in [1.54, 1.807) is 17.2 Å². The van der Waals surface area contributed by atoms with E-state index in [0.29, 0.717) is 12.1 Å². The Morgan fingerprint density at radius 3 is 2.74 bits per heavy atom. The number of pyridine rings is 1. The molecule has 160 valence electrons. The van der Waals surface area contributed by atoms with E-state index in [9.17, 15) is 0 Å². The molecular formula is C22H26N8O. The highest BCUT2D eigenvalue weighted by atomic mass is 16.5. The minimum Gasteiger partial charge on any atom is -0.379 e. The van der Waals surface area contributed by atoms with Gasteiger partial charge in [0.05, 0.1) is 18.6 Å². The Bertz CT molecular complexity index is 1190. The Labute approximate surface area is 179 Å². The summed E-state index contributed by atoms with van der Waals surface area (Å²) in [5, 5.41) is 9.02. The summed E-state index contributed by atoms with van der Waals surface area (Å²) < 4.78 is 7.30. The van der Waals surface area contributed by atoms with Gasteiger partial charge in [0.1, 0.15) is 24.1 Å². The number of H-pyrrole nitrogens is 1. The molecule has 0 amide bonds. The van der Waals surface area contributed by atoms with Crippen LogP contribution in [0.25, 0.3) is 27.8 Å². The number of aromatic nitrogens is 6. The first-order valence-corrected chi connectivity index (χ1v) is 11.1. The van der Waals surface area contributed by atoms with Gasteiger partial charge in [-0.1, -0.05) is 0 Å². The third kappa shape index (κ3) is 3.53. The number of nitrogens with zero attached hydrogens (tertiary/aromatic N) is 6. The average molecular weight is 419 g/mol. The molecule has 0 unspecified atom stereocenters. The van der Waals surface area contributed by atoms with Gasteiger partial charge in [-0.2, -0.15) is 5.10 Å². The van der Waals surface area contributed by atoms with Crippen LogP contribution < -0.4 is 5.32 Å². The van der Waals surface area contributed by atoms with Crippen molar-refractivity contribution in [3.8, 4) is 11.1 Å². The Hall–Kier alpha value is -3.04. The van der Waals surface area contributed by atoms with E-state index < -0.39 is 0 Å². The lowest BCUT2D eigenvalue weighted by molar-refractivity contribution is 0.00791. The lowest BCUT2D eigenvalue weighted by Gasteiger charge is -2.39. The van der Waals surface area contributed by atoms with Crippen molar-refractivity contribution in [2.75, 3.05) is 31.6 Å². The van der Waals surface area contributed by atoms with Gasteiger partial charge in [0.15, 0.2) is 5.65 Å². The summed E-state index contributed by atoms with van der Waals surface area (Å²) in [5.74, 6) is 0.898. The monoisotopic (exact) mass is 418 g/mol. The summed E-state index contributed by atoms with van der Waals surface area (Å²) in [6, 6.07) is 5.16. The van der Waals surface area contributed by atoms with Crippen LogP contribution in [0.15, 0.2) is 37.2 Å². The molecule has 1 aliphatic carbocycles. The lowest BCUT2D eigenvalue weighted by Crippen LogP contribution is -2.46. The predicted molar refractivity (Wildman–Crippen MR) is 118 cm³/mol. The number of anilines is 1. The first-order chi connectivity index (χ1) is 15.3. The Morgan fingerprint density at radius 1 is 1.00 bits per heavy atom. The van der Waals surface area contributed by atoms with Crippen LogP contribution in [-0.2, 0) is 4.74 Å². The fourth-order valence-electron chi connectivity index (χ4n) is 5.00. The standard InChI is InChI=1S/C22H26N8O/c1-6-19-24-14-27-30(19)12-15(1)18-11-23-21-20(18)22(26-13-25-21)28-16-2-4-17(5-3-16)29-7-9-31-10-8-29/h1,6,11-14,16-17H,2-5,7-10H2,(H2,23,25,26,28)/t16-,17-. The Kier molecular flexibility index (Phi) is 4.77. The minimum atomic E-state index is 0.427. The van der Waals surface area contributed by atoms with Crippen LogP contribution in [0.5, 0.6) is 0 Å². The summed E-state index contributed by atoms with van der Waals surface area (Å²) in [6.07, 6.45) is 11.9. The molecule has 5 heterocycles. The van der Waals surface area contributed by atoms with Gasteiger partial charge in [-0.3, -0.25) is 4.90 Å². The molecule has 4 aromatic rings. The lowest BCUT2D eigenvalue weighted by atomic mass is 9.90. The molecule has 9 nitrogen and oxygen atoms in total. The number of hydrogen-bond donors (Lipinski definition) is 2. The molecule has 0 bridgehead atoms. The highest BCUT2D eigenvalue weighted by molar-refractivity contribution is 6.00. The van der Waals surface area contributed by atoms with Crippen molar-refractivity contribution in [3.05, 3.63) is 37.2 Å². The van der Waals surface area contributed by atoms with Crippen molar-refractivity contribution >= 4 is 22.5 Å². The molecule has 2 N–H and O–H groups in total. The van der Waals surface area contributed by atoms with Gasteiger partial charge in [-0.25, -0.2) is 19.5 Å². The summed E-state index contributed by atoms with van der Waals surface area (Å²) in [7, 11) is 0. The first kappa shape index (κ1) is 18.7. The van der Waals surface area contributed by atoms with Crippen LogP contribution in [0.4, 0.5) is 5.82 Å². The zero-order valence-corrected chi connectivity index (χ0v) is 17.4. The maximum atomic E-state index is 5.51. The largest absolute Gasteiger partial charge is 0.379 e. The van der Waals surface area contributed by atoms with Crippen molar-refractivity contribution < 1.29 is 4.74 Å². The van der Waals surface area contributed by atoms with Gasteiger partial charge in [-0.15, -0.1) is 0 Å². The van der Waals surface area contributed by atoms with Crippen LogP contribution in [0.1, 0.15) is 25.7 Å². The maximum absolute atomic E-state index is 5.51. The van der Waals surface area contributed by atoms with Crippen LogP contribution in [-0.4, -0.2) is 72.8 Å². The highest BCUT2D eigenvalue weighted by Crippen LogP contribution is 2.34. The van der Waals surface area contributed by atoms with Gasteiger partial charge in [0, 0.05) is 48.7 Å². The van der Waals surface area contributed by atoms with E-state index >= 15 is 0 Å². The molecule has 4 aromatic heterocycles. The molecule has 2 fully saturated rings. The van der Waals surface area contributed by atoms with Crippen molar-refractivity contribution in [1.82, 2.24) is 34.4 Å². The third-order valence-corrected chi connectivity index (χ3v) is 6.65. The average Bonchev–Trinajstić information content (AvgIpc) is 3.47. The van der Waals surface area contributed by atoms with Crippen molar-refractivity contribution in [2.45, 2.75) is 37.8 Å². The second kappa shape index (κ2) is 7.90. The first-order valence-electron chi connectivity index (χ1n) is 11.1. The second-order valence-corrected chi connectivity index (χ2v) is 8.43. The second-order valence-electron chi connectivity index (χ2n) is 8.43. The van der Waals surface area contributed by atoms with E-state index in [4.69, 9.17) is 4.74 Å². The molecule has 1 saturated carbocycles. The molecule has 31 heavy (non-hydrogen) atoms. The fraction of sp³-hybridized carbons (Fsp3) is 0.455. The number of fused-ring (bicyclic) bond motifs is 2. The number of rotatable bonds is 4. The molecular weight excluding hydrogens is 392 g/mol. The molecule has 0 aromatic carbocycles. The SMILES string of the molecule is c1nc(N[C@H]2CC[C@H](N3CCOCC3)CC2)c2c(-c3ccc4ncnn4c3)c[nH]c2n1. The normalized spacial score (nSPS) is 22.8. The van der Waals surface area contributed by atoms with Crippen molar-refractivity contribution in [3.63, 3.8) is 0 Å². The van der Waals surface area contributed by atoms with Gasteiger partial charge < -0.3 is 15.0 Å². The summed E-state index contributed by atoms with van der Waals surface area (Å²) in [4.78, 5) is 19.2. The maximum Gasteiger partial charge on any atom is 0.155 e. The van der Waals surface area contributed by atoms with E-state index in [-0.39, 0.29) is 0 Å². The van der Waals surface area contributed by atoms with Crippen molar-refractivity contribution in [1.29, 1.82) is 0 Å². The predicted octanol–water partition coefficient (Wildman–Crippen LogP) is 2.72. The van der Waals surface area contributed by atoms with Crippen LogP contribution in [0.2, 0.25) is 0 Å². The number of aromatic amines is 1. The number of nitrogens with one attached hydrogen (secondary N) is 2. The summed E-state index contributed by atoms with van der Waals surface area (Å²) in [6.45, 7) is 3.87. The molecule has 6 rings (SSSR count). The van der Waals surface area contributed by atoms with E-state index in [0.717, 1.165) is 72.8 Å². The van der Waals surface area contributed by atoms with E-state index in [1.807, 2.05) is 18.5 Å². The van der Waals surface area contributed by atoms with Gasteiger partial charge in [0.25, 0.3) is 0 Å². The van der Waals surface area contributed by atoms with Gasteiger partial charge in [-0.05, 0) is 37.8 Å². The van der Waals surface area contributed by atoms with E-state index in [2.05, 4.69) is 41.3 Å². The van der Waals surface area contributed by atoms with E-state index in [1.165, 1.54) is 12.8 Å². The number of morpholine rings is 1. The zero-order valence-electron chi connectivity index (χ0n) is 17.4. The number of hydrogen-bond acceptors (Lipinski definition) is 7. The quantitative estimate of drug-likeness (QED) is 0.526. The molecule has 2 aliphatic rings. The molecule has 9 heteroatoms. The van der Waals surface area contributed by atoms with Gasteiger partial charge in [0.2, 0.25) is 0 Å². The Morgan fingerprint density at radius 2 is 1.87 bits per heavy atom. The fourth-order valence-corrected chi connectivity index (χ4v) is 5.00. The third-order valence-electron chi connectivity index (χ3n) is 6.65. The molecule has 0 radical (unpaired) electrons. The number of ether oxygens (including phenoxy) is 1. The topological polar surface area (TPSA) is 96.3 Å². The smallest absolute Gasteiger partial charge is 0.155 e. The van der Waals surface area contributed by atoms with Crippen molar-refractivity contribution in [2.24, 2.45) is 0 Å². The van der Waals surface area contributed by atoms with Crippen LogP contribution >= 0.6 is 0 Å². The van der Waals surface area contributed by atoms with Crippen LogP contribution in [0, 0.1) is 0 Å².